The van der Waals surface area contributed by atoms with E-state index in [1.807, 2.05) is 35.2 Å². The molecule has 1 aromatic carbocycles. The van der Waals surface area contributed by atoms with Gasteiger partial charge in [-0.3, -0.25) is 9.89 Å². The Kier molecular flexibility index (Phi) is 3.97. The number of thiophene rings is 1. The van der Waals surface area contributed by atoms with E-state index in [0.29, 0.717) is 30.4 Å². The second kappa shape index (κ2) is 6.62. The first-order chi connectivity index (χ1) is 13.3. The molecule has 0 spiro atoms. The van der Waals surface area contributed by atoms with Gasteiger partial charge in [0.2, 0.25) is 5.91 Å². The number of fused-ring (bicyclic) bond motifs is 1. The molecule has 27 heavy (non-hydrogen) atoms. The van der Waals surface area contributed by atoms with Gasteiger partial charge in [0.1, 0.15) is 0 Å². The third-order valence-corrected chi connectivity index (χ3v) is 5.84. The number of hydrogen-bond acceptors (Lipinski definition) is 6. The minimum Gasteiger partial charge on any atom is -0.342 e. The van der Waals surface area contributed by atoms with Crippen molar-refractivity contribution in [3.05, 3.63) is 52.5 Å². The van der Waals surface area contributed by atoms with Crippen LogP contribution in [-0.4, -0.2) is 44.2 Å². The van der Waals surface area contributed by atoms with Crippen LogP contribution in [0.5, 0.6) is 0 Å². The molecular weight excluding hydrogens is 362 g/mol. The lowest BCUT2D eigenvalue weighted by molar-refractivity contribution is -0.127. The molecule has 7 nitrogen and oxygen atoms in total. The zero-order valence-corrected chi connectivity index (χ0v) is 15.3. The second-order valence-electron chi connectivity index (χ2n) is 6.65. The van der Waals surface area contributed by atoms with Gasteiger partial charge >= 0.3 is 0 Å². The standard InChI is InChI=1S/C19H17N5O2S/c25-16-10-12(11-24(16)8-7-13-4-3-9-27-13)18-20-19(26-23-18)17-14-5-1-2-6-15(14)21-22-17/h1-6,9,12H,7-8,10-11H2,(H,21,22). The maximum atomic E-state index is 12.4. The first kappa shape index (κ1) is 16.2. The average molecular weight is 379 g/mol. The van der Waals surface area contributed by atoms with Crippen molar-refractivity contribution in [1.82, 2.24) is 25.2 Å². The first-order valence-corrected chi connectivity index (χ1v) is 9.73. The topological polar surface area (TPSA) is 87.9 Å². The lowest BCUT2D eigenvalue weighted by Gasteiger charge is -2.15. The van der Waals surface area contributed by atoms with Gasteiger partial charge < -0.3 is 9.42 Å². The van der Waals surface area contributed by atoms with Crippen LogP contribution in [0.4, 0.5) is 0 Å². The van der Waals surface area contributed by atoms with Crippen LogP contribution < -0.4 is 0 Å². The third kappa shape index (κ3) is 3.02. The molecule has 1 unspecified atom stereocenters. The van der Waals surface area contributed by atoms with Gasteiger partial charge in [0.15, 0.2) is 11.5 Å². The SMILES string of the molecule is O=C1CC(c2noc(-c3n[nH]c4ccccc34)n2)CN1CCc1cccs1. The summed E-state index contributed by atoms with van der Waals surface area (Å²) in [5, 5.41) is 14.4. The van der Waals surface area contributed by atoms with Gasteiger partial charge in [-0.1, -0.05) is 29.4 Å². The highest BCUT2D eigenvalue weighted by Crippen LogP contribution is 2.30. The Morgan fingerprint density at radius 2 is 2.19 bits per heavy atom. The number of carbonyl (C=O) groups excluding carboxylic acids is 1. The quantitative estimate of drug-likeness (QED) is 0.575. The van der Waals surface area contributed by atoms with E-state index in [9.17, 15) is 4.79 Å². The number of hydrogen-bond donors (Lipinski definition) is 1. The summed E-state index contributed by atoms with van der Waals surface area (Å²) in [6, 6.07) is 11.9. The van der Waals surface area contributed by atoms with Crippen molar-refractivity contribution in [2.24, 2.45) is 0 Å². The molecule has 5 rings (SSSR count). The molecule has 0 bridgehead atoms. The minimum absolute atomic E-state index is 0.0384. The Labute approximate surface area is 159 Å². The normalized spacial score (nSPS) is 17.3. The number of H-pyrrole nitrogens is 1. The van der Waals surface area contributed by atoms with Crippen molar-refractivity contribution in [2.75, 3.05) is 13.1 Å². The fraction of sp³-hybridized carbons (Fsp3) is 0.263. The van der Waals surface area contributed by atoms with Crippen LogP contribution in [-0.2, 0) is 11.2 Å². The van der Waals surface area contributed by atoms with Crippen LogP contribution in [0.1, 0.15) is 23.0 Å². The molecule has 0 aliphatic carbocycles. The molecule has 0 saturated carbocycles. The van der Waals surface area contributed by atoms with Crippen LogP contribution in [0.3, 0.4) is 0 Å². The summed E-state index contributed by atoms with van der Waals surface area (Å²) < 4.78 is 5.45. The van der Waals surface area contributed by atoms with Crippen LogP contribution in [0.25, 0.3) is 22.5 Å². The van der Waals surface area contributed by atoms with Crippen LogP contribution in [0.15, 0.2) is 46.3 Å². The van der Waals surface area contributed by atoms with Gasteiger partial charge in [0.05, 0.1) is 5.52 Å². The summed E-state index contributed by atoms with van der Waals surface area (Å²) in [5.41, 5.74) is 1.56. The fourth-order valence-electron chi connectivity index (χ4n) is 3.48. The maximum absolute atomic E-state index is 12.4. The van der Waals surface area contributed by atoms with Crippen molar-refractivity contribution < 1.29 is 9.32 Å². The Balaban J connectivity index is 1.32. The molecular formula is C19H17N5O2S. The number of likely N-dealkylation sites (tertiary alicyclic amines) is 1. The van der Waals surface area contributed by atoms with Gasteiger partial charge in [0, 0.05) is 35.7 Å². The zero-order chi connectivity index (χ0) is 18.2. The molecule has 1 saturated heterocycles. The number of nitrogens with one attached hydrogen (secondary N) is 1. The van der Waals surface area contributed by atoms with Gasteiger partial charge in [0.25, 0.3) is 5.89 Å². The van der Waals surface area contributed by atoms with Crippen molar-refractivity contribution >= 4 is 28.1 Å². The molecule has 0 radical (unpaired) electrons. The summed E-state index contributed by atoms with van der Waals surface area (Å²) in [7, 11) is 0. The van der Waals surface area contributed by atoms with Crippen molar-refractivity contribution in [2.45, 2.75) is 18.8 Å². The number of nitrogens with zero attached hydrogens (tertiary/aromatic N) is 4. The van der Waals surface area contributed by atoms with Crippen LogP contribution in [0.2, 0.25) is 0 Å². The number of benzene rings is 1. The summed E-state index contributed by atoms with van der Waals surface area (Å²) in [6.07, 6.45) is 1.30. The van der Waals surface area contributed by atoms with Crippen molar-refractivity contribution in [3.63, 3.8) is 0 Å². The Bertz CT molecular complexity index is 1080. The predicted octanol–water partition coefficient (Wildman–Crippen LogP) is 3.23. The van der Waals surface area contributed by atoms with Gasteiger partial charge in [-0.2, -0.15) is 10.1 Å². The molecule has 1 aliphatic rings. The number of rotatable bonds is 5. The smallest absolute Gasteiger partial charge is 0.279 e. The molecule has 1 amide bonds. The van der Waals surface area contributed by atoms with E-state index >= 15 is 0 Å². The molecule has 1 aliphatic heterocycles. The number of amides is 1. The van der Waals surface area contributed by atoms with Crippen LogP contribution >= 0.6 is 11.3 Å². The van der Waals surface area contributed by atoms with E-state index in [2.05, 4.69) is 31.8 Å². The summed E-state index contributed by atoms with van der Waals surface area (Å²) in [6.45, 7) is 1.36. The van der Waals surface area contributed by atoms with Crippen LogP contribution in [0, 0.1) is 0 Å². The summed E-state index contributed by atoms with van der Waals surface area (Å²) in [4.78, 5) is 20.1. The number of carbonyl (C=O) groups is 1. The molecule has 136 valence electrons. The highest BCUT2D eigenvalue weighted by atomic mass is 32.1. The molecule has 4 heterocycles. The summed E-state index contributed by atoms with van der Waals surface area (Å²) >= 11 is 1.72. The molecule has 8 heteroatoms. The van der Waals surface area contributed by atoms with Crippen molar-refractivity contribution in [3.8, 4) is 11.6 Å². The second-order valence-corrected chi connectivity index (χ2v) is 7.68. The van der Waals surface area contributed by atoms with E-state index in [1.165, 1.54) is 4.88 Å². The Hall–Kier alpha value is -3.00. The van der Waals surface area contributed by atoms with Crippen molar-refractivity contribution in [1.29, 1.82) is 0 Å². The molecule has 1 atom stereocenters. The molecule has 1 N–H and O–H groups in total. The zero-order valence-electron chi connectivity index (χ0n) is 14.5. The Morgan fingerprint density at radius 3 is 3.07 bits per heavy atom. The lowest BCUT2D eigenvalue weighted by Crippen LogP contribution is -2.27. The van der Waals surface area contributed by atoms with E-state index in [0.717, 1.165) is 23.9 Å². The third-order valence-electron chi connectivity index (χ3n) is 4.90. The van der Waals surface area contributed by atoms with Gasteiger partial charge in [-0.05, 0) is 23.9 Å². The first-order valence-electron chi connectivity index (χ1n) is 8.85. The monoisotopic (exact) mass is 379 g/mol. The Morgan fingerprint density at radius 1 is 1.26 bits per heavy atom. The fourth-order valence-corrected chi connectivity index (χ4v) is 4.18. The van der Waals surface area contributed by atoms with Gasteiger partial charge in [-0.25, -0.2) is 0 Å². The van der Waals surface area contributed by atoms with E-state index in [4.69, 9.17) is 4.52 Å². The average Bonchev–Trinajstić information content (AvgIpc) is 3.46. The number of para-hydroxylation sites is 1. The number of aromatic amines is 1. The molecule has 3 aromatic heterocycles. The highest BCUT2D eigenvalue weighted by Gasteiger charge is 2.33. The molecule has 1 fully saturated rings. The minimum atomic E-state index is -0.0384. The predicted molar refractivity (Wildman–Crippen MR) is 101 cm³/mol. The number of aromatic nitrogens is 4. The molecule has 4 aromatic rings. The van der Waals surface area contributed by atoms with Gasteiger partial charge in [-0.15, -0.1) is 11.3 Å². The van der Waals surface area contributed by atoms with E-state index in [1.54, 1.807) is 11.3 Å². The van der Waals surface area contributed by atoms with E-state index in [-0.39, 0.29) is 11.8 Å². The van der Waals surface area contributed by atoms with E-state index < -0.39 is 0 Å². The summed E-state index contributed by atoms with van der Waals surface area (Å²) in [5.74, 6) is 1.06. The lowest BCUT2D eigenvalue weighted by atomic mass is 10.1. The largest absolute Gasteiger partial charge is 0.342 e. The highest BCUT2D eigenvalue weighted by molar-refractivity contribution is 7.09. The maximum Gasteiger partial charge on any atom is 0.279 e.